The number of H-pyrrole nitrogens is 1. The van der Waals surface area contributed by atoms with E-state index in [4.69, 9.17) is 0 Å². The van der Waals surface area contributed by atoms with Crippen molar-refractivity contribution in [2.24, 2.45) is 0 Å². The van der Waals surface area contributed by atoms with E-state index in [2.05, 4.69) is 10.3 Å². The molecule has 6 nitrogen and oxygen atoms in total. The number of carbonyl (C=O) groups excluding carboxylic acids is 1. The van der Waals surface area contributed by atoms with Crippen LogP contribution in [-0.4, -0.2) is 21.7 Å². The van der Waals surface area contributed by atoms with E-state index in [0.717, 1.165) is 20.5 Å². The number of aromatic amines is 1. The zero-order valence-electron chi connectivity index (χ0n) is 13.3. The first-order valence-corrected chi connectivity index (χ1v) is 9.49. The topological polar surface area (TPSA) is 84.0 Å². The van der Waals surface area contributed by atoms with Crippen LogP contribution >= 0.6 is 23.1 Å². The van der Waals surface area contributed by atoms with Gasteiger partial charge in [0.1, 0.15) is 5.56 Å². The van der Waals surface area contributed by atoms with Gasteiger partial charge in [0.25, 0.3) is 11.5 Å². The number of hydrogen-bond acceptors (Lipinski definition) is 5. The van der Waals surface area contributed by atoms with Crippen molar-refractivity contribution in [3.05, 3.63) is 79.3 Å². The SMILES string of the molecule is CSc1ccc(NC(=O)c2c[nH]c(=O)n(Cc3cccs3)c2=O)cc1. The van der Waals surface area contributed by atoms with E-state index in [1.165, 1.54) is 11.3 Å². The summed E-state index contributed by atoms with van der Waals surface area (Å²) in [4.78, 5) is 41.3. The largest absolute Gasteiger partial charge is 0.328 e. The van der Waals surface area contributed by atoms with Gasteiger partial charge in [-0.2, -0.15) is 0 Å². The molecule has 2 heterocycles. The van der Waals surface area contributed by atoms with Gasteiger partial charge in [-0.3, -0.25) is 14.2 Å². The number of hydrogen-bond donors (Lipinski definition) is 2. The standard InChI is InChI=1S/C17H15N3O3S2/c1-24-12-6-4-11(5-7-12)19-15(21)14-9-18-17(23)20(16(14)22)10-13-3-2-8-25-13/h2-9H,10H2,1H3,(H,18,23)(H,19,21). The summed E-state index contributed by atoms with van der Waals surface area (Å²) in [5, 5.41) is 4.54. The van der Waals surface area contributed by atoms with Gasteiger partial charge in [-0.05, 0) is 42.0 Å². The van der Waals surface area contributed by atoms with Gasteiger partial charge >= 0.3 is 5.69 Å². The number of benzene rings is 1. The van der Waals surface area contributed by atoms with Gasteiger partial charge < -0.3 is 10.3 Å². The summed E-state index contributed by atoms with van der Waals surface area (Å²) in [5.41, 5.74) is -0.682. The Morgan fingerprint density at radius 1 is 1.24 bits per heavy atom. The van der Waals surface area contributed by atoms with Crippen LogP contribution in [0.15, 0.2) is 62.5 Å². The third-order valence-electron chi connectivity index (χ3n) is 3.55. The molecular weight excluding hydrogens is 358 g/mol. The summed E-state index contributed by atoms with van der Waals surface area (Å²) < 4.78 is 1.03. The van der Waals surface area contributed by atoms with Gasteiger partial charge in [-0.25, -0.2) is 4.79 Å². The molecule has 128 valence electrons. The fourth-order valence-corrected chi connectivity index (χ4v) is 3.35. The number of nitrogens with zero attached hydrogens (tertiary/aromatic N) is 1. The summed E-state index contributed by atoms with van der Waals surface area (Å²) in [6, 6.07) is 11.0. The maximum atomic E-state index is 12.5. The van der Waals surface area contributed by atoms with Gasteiger partial charge in [-0.15, -0.1) is 23.1 Å². The number of thioether (sulfide) groups is 1. The molecule has 0 atom stereocenters. The summed E-state index contributed by atoms with van der Waals surface area (Å²) >= 11 is 3.04. The van der Waals surface area contributed by atoms with Crippen LogP contribution in [0.3, 0.4) is 0 Å². The predicted molar refractivity (Wildman–Crippen MR) is 101 cm³/mol. The summed E-state index contributed by atoms with van der Waals surface area (Å²) in [6.45, 7) is 0.134. The van der Waals surface area contributed by atoms with Gasteiger partial charge in [0, 0.05) is 21.7 Å². The molecule has 25 heavy (non-hydrogen) atoms. The molecule has 0 bridgehead atoms. The van der Waals surface area contributed by atoms with Gasteiger partial charge in [0.2, 0.25) is 0 Å². The van der Waals surface area contributed by atoms with Crippen molar-refractivity contribution in [1.82, 2.24) is 9.55 Å². The molecule has 8 heteroatoms. The smallest absolute Gasteiger partial charge is 0.322 e. The molecule has 3 rings (SSSR count). The minimum Gasteiger partial charge on any atom is -0.322 e. The lowest BCUT2D eigenvalue weighted by molar-refractivity contribution is 0.102. The number of rotatable bonds is 5. The molecule has 0 saturated carbocycles. The Bertz CT molecular complexity index is 989. The Kier molecular flexibility index (Phi) is 5.20. The second-order valence-electron chi connectivity index (χ2n) is 5.16. The number of thiophene rings is 1. The molecular formula is C17H15N3O3S2. The van der Waals surface area contributed by atoms with Crippen molar-refractivity contribution in [3.63, 3.8) is 0 Å². The lowest BCUT2D eigenvalue weighted by atomic mass is 10.2. The summed E-state index contributed by atoms with van der Waals surface area (Å²) in [7, 11) is 0. The third-order valence-corrected chi connectivity index (χ3v) is 5.15. The minimum atomic E-state index is -0.615. The van der Waals surface area contributed by atoms with Gasteiger partial charge in [-0.1, -0.05) is 6.07 Å². The Morgan fingerprint density at radius 2 is 2.00 bits per heavy atom. The second kappa shape index (κ2) is 7.54. The van der Waals surface area contributed by atoms with Crippen molar-refractivity contribution in [1.29, 1.82) is 0 Å². The van der Waals surface area contributed by atoms with E-state index in [1.54, 1.807) is 23.9 Å². The quantitative estimate of drug-likeness (QED) is 0.674. The molecule has 0 saturated heterocycles. The van der Waals surface area contributed by atoms with E-state index in [-0.39, 0.29) is 12.1 Å². The molecule has 1 aromatic carbocycles. The second-order valence-corrected chi connectivity index (χ2v) is 7.07. The van der Waals surface area contributed by atoms with E-state index >= 15 is 0 Å². The zero-order chi connectivity index (χ0) is 17.8. The Morgan fingerprint density at radius 3 is 2.64 bits per heavy atom. The molecule has 2 N–H and O–H groups in total. The Hall–Kier alpha value is -2.58. The van der Waals surface area contributed by atoms with E-state index in [0.29, 0.717) is 5.69 Å². The first kappa shape index (κ1) is 17.2. The maximum absolute atomic E-state index is 12.5. The Balaban J connectivity index is 1.87. The number of amides is 1. The van der Waals surface area contributed by atoms with Crippen LogP contribution in [0.1, 0.15) is 15.2 Å². The molecule has 0 unspecified atom stereocenters. The average Bonchev–Trinajstić information content (AvgIpc) is 3.12. The Labute approximate surface area is 151 Å². The highest BCUT2D eigenvalue weighted by Gasteiger charge is 2.15. The van der Waals surface area contributed by atoms with Crippen LogP contribution < -0.4 is 16.6 Å². The fraction of sp³-hybridized carbons (Fsp3) is 0.118. The van der Waals surface area contributed by atoms with E-state index in [9.17, 15) is 14.4 Å². The van der Waals surface area contributed by atoms with Crippen LogP contribution in [0.5, 0.6) is 0 Å². The lowest BCUT2D eigenvalue weighted by Gasteiger charge is -2.08. The summed E-state index contributed by atoms with van der Waals surface area (Å²) in [5.74, 6) is -0.557. The first-order valence-electron chi connectivity index (χ1n) is 7.39. The van der Waals surface area contributed by atoms with Crippen LogP contribution in [0.2, 0.25) is 0 Å². The normalized spacial score (nSPS) is 10.6. The first-order chi connectivity index (χ1) is 12.1. The molecule has 0 radical (unpaired) electrons. The van der Waals surface area contributed by atoms with Crippen molar-refractivity contribution in [2.45, 2.75) is 11.4 Å². The van der Waals surface area contributed by atoms with E-state index < -0.39 is 17.2 Å². The van der Waals surface area contributed by atoms with Gasteiger partial charge in [0.15, 0.2) is 0 Å². The molecule has 1 amide bonds. The highest BCUT2D eigenvalue weighted by Crippen LogP contribution is 2.17. The van der Waals surface area contributed by atoms with Crippen molar-refractivity contribution >= 4 is 34.7 Å². The highest BCUT2D eigenvalue weighted by molar-refractivity contribution is 7.98. The van der Waals surface area contributed by atoms with Crippen molar-refractivity contribution < 1.29 is 4.79 Å². The highest BCUT2D eigenvalue weighted by atomic mass is 32.2. The number of anilines is 1. The van der Waals surface area contributed by atoms with Gasteiger partial charge in [0.05, 0.1) is 6.54 Å². The van der Waals surface area contributed by atoms with Crippen LogP contribution in [0.25, 0.3) is 0 Å². The van der Waals surface area contributed by atoms with Crippen LogP contribution in [0, 0.1) is 0 Å². The van der Waals surface area contributed by atoms with Crippen LogP contribution in [0.4, 0.5) is 5.69 Å². The molecule has 2 aromatic heterocycles. The monoisotopic (exact) mass is 373 g/mol. The molecule has 3 aromatic rings. The van der Waals surface area contributed by atoms with Crippen molar-refractivity contribution in [3.8, 4) is 0 Å². The minimum absolute atomic E-state index is 0.106. The van der Waals surface area contributed by atoms with Crippen LogP contribution in [-0.2, 0) is 6.54 Å². The molecule has 0 aliphatic rings. The average molecular weight is 373 g/mol. The number of carbonyl (C=O) groups is 1. The van der Waals surface area contributed by atoms with Crippen molar-refractivity contribution in [2.75, 3.05) is 11.6 Å². The summed E-state index contributed by atoms with van der Waals surface area (Å²) in [6.07, 6.45) is 3.12. The number of nitrogens with one attached hydrogen (secondary N) is 2. The molecule has 0 aliphatic carbocycles. The predicted octanol–water partition coefficient (Wildman–Crippen LogP) is 2.62. The molecule has 0 spiro atoms. The molecule has 0 fully saturated rings. The fourth-order valence-electron chi connectivity index (χ4n) is 2.25. The number of aromatic nitrogens is 2. The molecule has 0 aliphatic heterocycles. The third kappa shape index (κ3) is 3.92. The lowest BCUT2D eigenvalue weighted by Crippen LogP contribution is -2.39. The zero-order valence-corrected chi connectivity index (χ0v) is 14.9. The maximum Gasteiger partial charge on any atom is 0.328 e. The van der Waals surface area contributed by atoms with E-state index in [1.807, 2.05) is 35.9 Å².